The van der Waals surface area contributed by atoms with Crippen molar-refractivity contribution in [2.45, 2.75) is 435 Å². The fourth-order valence-corrected chi connectivity index (χ4v) is 38.5. The molecule has 34 unspecified atom stereocenters. The van der Waals surface area contributed by atoms with E-state index in [0.717, 1.165) is 194 Å². The zero-order chi connectivity index (χ0) is 91.3. The molecule has 34 atom stereocenters. The largest absolute Gasteiger partial charge is 0.462 e. The summed E-state index contributed by atoms with van der Waals surface area (Å²) in [6.07, 6.45) is 50.0. The number of hydrogen-bond acceptors (Lipinski definition) is 20. The highest BCUT2D eigenvalue weighted by molar-refractivity contribution is 5.78. The summed E-state index contributed by atoms with van der Waals surface area (Å²) in [5.74, 6) is 19.2. The Morgan fingerprint density at radius 1 is 0.286 bits per heavy atom. The molecule has 26 aliphatic carbocycles. The molecule has 0 N–H and O–H groups in total. The second-order valence-corrected chi connectivity index (χ2v) is 51.8. The molecule has 0 amide bonds. The van der Waals surface area contributed by atoms with Crippen molar-refractivity contribution in [2.24, 2.45) is 235 Å². The fourth-order valence-electron chi connectivity index (χ4n) is 38.5. The van der Waals surface area contributed by atoms with Crippen LogP contribution in [0, 0.1) is 235 Å². The molecule has 0 aromatic rings. The topological polar surface area (TPSA) is 247 Å². The average molecular weight is 1960 g/mol. The quantitative estimate of drug-likeness (QED) is 0.0213. The third kappa shape index (κ3) is 21.4. The van der Waals surface area contributed by atoms with Gasteiger partial charge in [0.25, 0.3) is 0 Å². The highest BCUT2D eigenvalue weighted by atomic mass is 16.7. The predicted octanol–water partition coefficient (Wildman–Crippen LogP) is 26.5. The Morgan fingerprint density at radius 3 is 0.771 bits per heavy atom. The van der Waals surface area contributed by atoms with E-state index in [-0.39, 0.29) is 206 Å². The maximum Gasteiger partial charge on any atom is 0.311 e. The van der Waals surface area contributed by atoms with Crippen LogP contribution in [0.5, 0.6) is 0 Å². The lowest BCUT2D eigenvalue weighted by molar-refractivity contribution is -0.175. The van der Waals surface area contributed by atoms with Crippen LogP contribution in [0.25, 0.3) is 0 Å². The summed E-state index contributed by atoms with van der Waals surface area (Å²) in [7, 11) is 0. The fraction of sp³-hybridized carbons (Fsp3) is 0.933. The van der Waals surface area contributed by atoms with Crippen molar-refractivity contribution in [3.05, 3.63) is 0 Å². The Bertz CT molecular complexity index is 4090. The molecular formula is C120H200O20. The monoisotopic (exact) mass is 1960 g/mol. The molecule has 24 bridgehead atoms. The number of rotatable bonds is 30. The van der Waals surface area contributed by atoms with Crippen LogP contribution in [0.2, 0.25) is 0 Å². The summed E-state index contributed by atoms with van der Waals surface area (Å²) >= 11 is 0. The molecule has 0 spiro atoms. The number of fused-ring (bicyclic) bond motifs is 36. The van der Waals surface area contributed by atoms with Crippen molar-refractivity contribution in [2.75, 3.05) is 40.4 Å². The van der Waals surface area contributed by atoms with Gasteiger partial charge in [0.15, 0.2) is 27.2 Å². The van der Waals surface area contributed by atoms with Crippen LogP contribution in [0.15, 0.2) is 0 Å². The van der Waals surface area contributed by atoms with E-state index in [1.807, 2.05) is 62.3 Å². The lowest BCUT2D eigenvalue weighted by Gasteiger charge is -2.56. The smallest absolute Gasteiger partial charge is 0.311 e. The molecule has 0 radical (unpaired) electrons. The van der Waals surface area contributed by atoms with Crippen LogP contribution in [-0.2, 0) is 95.2 Å². The summed E-state index contributed by atoms with van der Waals surface area (Å²) in [4.78, 5) is 102. The molecule has 20 heteroatoms. The minimum Gasteiger partial charge on any atom is -0.462 e. The van der Waals surface area contributed by atoms with Gasteiger partial charge in [0.2, 0.25) is 0 Å². The van der Waals surface area contributed by atoms with Crippen molar-refractivity contribution >= 4 is 47.8 Å². The summed E-state index contributed by atoms with van der Waals surface area (Å²) in [5, 5.41) is 0. The summed E-state index contributed by atoms with van der Waals surface area (Å²) < 4.78 is 70.7. The number of ether oxygens (including phenoxy) is 12. The van der Waals surface area contributed by atoms with Gasteiger partial charge in [0.1, 0.15) is 24.4 Å². The van der Waals surface area contributed by atoms with Crippen molar-refractivity contribution in [3.63, 3.8) is 0 Å². The lowest BCUT2D eigenvalue weighted by Crippen LogP contribution is -2.48. The van der Waals surface area contributed by atoms with Crippen LogP contribution in [-0.4, -0.2) is 125 Å². The van der Waals surface area contributed by atoms with Gasteiger partial charge in [-0.25, -0.2) is 0 Å². The molecule has 0 aliphatic heterocycles. The zero-order valence-electron chi connectivity index (χ0n) is 82.4. The van der Waals surface area contributed by atoms with Crippen LogP contribution in [0.3, 0.4) is 0 Å². The average Bonchev–Trinajstić information content (AvgIpc) is 1.56. The van der Waals surface area contributed by atoms with E-state index in [2.05, 4.69) is 6.92 Å². The van der Waals surface area contributed by atoms with E-state index in [4.69, 9.17) is 56.8 Å². The Labute approximate surface area is 848 Å². The molecule has 0 heterocycles. The third-order valence-corrected chi connectivity index (χ3v) is 44.0. The Hall–Kier alpha value is -4.40. The van der Waals surface area contributed by atoms with Crippen molar-refractivity contribution in [3.8, 4) is 0 Å². The molecule has 26 saturated carbocycles. The number of carbonyl (C=O) groups is 8. The van der Waals surface area contributed by atoms with E-state index in [1.165, 1.54) is 148 Å². The van der Waals surface area contributed by atoms with Gasteiger partial charge in [0, 0.05) is 0 Å². The normalized spacial score (nSPS) is 43.8. The van der Waals surface area contributed by atoms with Crippen molar-refractivity contribution in [1.82, 2.24) is 0 Å². The highest BCUT2D eigenvalue weighted by Gasteiger charge is 2.72. The van der Waals surface area contributed by atoms with Crippen LogP contribution < -0.4 is 0 Å². The van der Waals surface area contributed by atoms with Gasteiger partial charge in [-0.15, -0.1) is 0 Å². The Balaban J connectivity index is 0.000000155. The minimum absolute atomic E-state index is 0. The third-order valence-electron chi connectivity index (χ3n) is 44.0. The van der Waals surface area contributed by atoms with Gasteiger partial charge < -0.3 is 56.8 Å². The first-order chi connectivity index (χ1) is 63.6. The van der Waals surface area contributed by atoms with Gasteiger partial charge in [-0.3, -0.25) is 38.4 Å². The van der Waals surface area contributed by atoms with Gasteiger partial charge in [0.05, 0.1) is 71.8 Å². The van der Waals surface area contributed by atoms with Crippen molar-refractivity contribution in [1.29, 1.82) is 0 Å². The number of hydrogen-bond donors (Lipinski definition) is 0. The van der Waals surface area contributed by atoms with E-state index >= 15 is 0 Å². The molecule has 0 aromatic carbocycles. The lowest BCUT2D eigenvalue weighted by atomic mass is 9.50. The Morgan fingerprint density at radius 2 is 0.521 bits per heavy atom. The van der Waals surface area contributed by atoms with Gasteiger partial charge in [-0.1, -0.05) is 139 Å². The SMILES string of the molecule is C.C.C.C.C.C.C.C.CCC(C)(C)C(=O)OC1CC2CC1C1C3CC(CC3C(=O)OCOC3CCCCC3)C21.CCC(C)(C)C(=O)OC1CC2CC1C1C3CC(CC3C(=O)OCOCC34CC5CC(CC(C5)C3)C4)C21.CCC(C)C(=O)OC1CC2CC1C1C3CC(CC3C(=O)OCOC3CCCCC3)C21.CCC(C)C(=O)OC1CC2CC1C1C3CC(CC3C(=O)OCOCC34CC5CC(CC(C5)C3)C4)C21. The molecule has 26 rings (SSSR count). The van der Waals surface area contributed by atoms with Crippen molar-refractivity contribution < 1.29 is 95.2 Å². The molecule has 140 heavy (non-hydrogen) atoms. The standard InChI is InChI=1S/C31H46O5.C30H44O5.C26H40O5.C25H38O5.8CH4/c1-4-30(2,3)29(33)36-25-11-21-10-24(25)27-22-8-20(26(21)27)9-23(22)28(32)35-16-34-15-31-12-17-5-18(13-31)7-19(6-17)14-31;1-3-16(2)28(31)35-25-10-21-9-24(25)27-22-7-20(26(21)27)8-23(22)29(32)34-15-33-14-30-11-17-4-18(12-30)6-19(5-17)13-30;1-4-26(2,3)25(28)31-21-13-16-12-20(21)23-18-10-15(22(16)23)11-19(18)24(27)30-14-29-17-8-6-5-7-9-17;1-3-14(2)24(26)30-21-12-16-11-20(21)23-18-9-15(22(16)23)10-19(18)25(27)29-13-28-17-7-5-4-6-8-17;;;;;;;;/h17-27H,4-16H2,1-3H3;16-27H,3-15H2,1-2H3;15-23H,4-14H2,1-3H3;14-23H,3-13H2,1-2H3;8*1H4. The molecule has 20 nitrogen and oxygen atoms in total. The van der Waals surface area contributed by atoms with E-state index in [9.17, 15) is 38.4 Å². The predicted molar refractivity (Wildman–Crippen MR) is 545 cm³/mol. The van der Waals surface area contributed by atoms with Gasteiger partial charge in [-0.05, 0) is 447 Å². The van der Waals surface area contributed by atoms with Crippen LogP contribution >= 0.6 is 0 Å². The highest BCUT2D eigenvalue weighted by Crippen LogP contribution is 2.75. The number of carbonyl (C=O) groups excluding carboxylic acids is 8. The first-order valence-electron chi connectivity index (χ1n) is 55.5. The first-order valence-corrected chi connectivity index (χ1v) is 55.5. The second-order valence-electron chi connectivity index (χ2n) is 51.8. The van der Waals surface area contributed by atoms with Gasteiger partial charge in [-0.2, -0.15) is 0 Å². The zero-order valence-corrected chi connectivity index (χ0v) is 82.4. The minimum atomic E-state index is -0.418. The number of esters is 8. The molecule has 800 valence electrons. The van der Waals surface area contributed by atoms with Gasteiger partial charge >= 0.3 is 47.8 Å². The summed E-state index contributed by atoms with van der Waals surface area (Å²) in [5.41, 5.74) is -0.104. The van der Waals surface area contributed by atoms with Crippen LogP contribution in [0.4, 0.5) is 0 Å². The molecule has 26 fully saturated rings. The van der Waals surface area contributed by atoms with E-state index in [1.54, 1.807) is 0 Å². The Kier molecular flexibility index (Phi) is 36.7. The molecular weight excluding hydrogens is 1760 g/mol. The van der Waals surface area contributed by atoms with Crippen LogP contribution in [0.1, 0.15) is 398 Å². The van der Waals surface area contributed by atoms with E-state index < -0.39 is 10.8 Å². The molecule has 0 saturated heterocycles. The molecule has 26 aliphatic rings. The first kappa shape index (κ1) is 113. The molecule has 0 aromatic heterocycles. The summed E-state index contributed by atoms with van der Waals surface area (Å²) in [6.45, 7) is 22.1. The maximum absolute atomic E-state index is 13.2. The maximum atomic E-state index is 13.2. The van der Waals surface area contributed by atoms with E-state index in [0.29, 0.717) is 129 Å². The second kappa shape index (κ2) is 45.6. The summed E-state index contributed by atoms with van der Waals surface area (Å²) in [6, 6.07) is 0.